The Morgan fingerprint density at radius 1 is 1.53 bits per heavy atom. The van der Waals surface area contributed by atoms with Crippen LogP contribution >= 0.6 is 0 Å². The molecule has 15 heavy (non-hydrogen) atoms. The van der Waals surface area contributed by atoms with Crippen molar-refractivity contribution in [1.29, 1.82) is 0 Å². The van der Waals surface area contributed by atoms with Crippen LogP contribution in [0.25, 0.3) is 0 Å². The molecule has 0 aromatic carbocycles. The van der Waals surface area contributed by atoms with Gasteiger partial charge in [0.05, 0.1) is 6.61 Å². The molecule has 0 N–H and O–H groups in total. The third-order valence-corrected chi connectivity index (χ3v) is 2.81. The lowest BCUT2D eigenvalue weighted by Gasteiger charge is -2.31. The molecule has 1 heterocycles. The van der Waals surface area contributed by atoms with Crippen LogP contribution in [0.3, 0.4) is 0 Å². The first-order valence-corrected chi connectivity index (χ1v) is 5.57. The van der Waals surface area contributed by atoms with Crippen molar-refractivity contribution in [1.82, 2.24) is 4.90 Å². The number of piperidine rings is 1. The fraction of sp³-hybridized carbons (Fsp3) is 0.750. The fourth-order valence-corrected chi connectivity index (χ4v) is 1.86. The lowest BCUT2D eigenvalue weighted by Crippen LogP contribution is -2.39. The molecule has 0 aromatic heterocycles. The molecule has 1 aliphatic heterocycles. The number of terminal acetylenes is 1. The Hall–Kier alpha value is -1.01. The van der Waals surface area contributed by atoms with E-state index in [2.05, 4.69) is 5.92 Å². The van der Waals surface area contributed by atoms with Gasteiger partial charge in [0, 0.05) is 19.5 Å². The molecule has 1 saturated heterocycles. The van der Waals surface area contributed by atoms with Crippen LogP contribution in [0.5, 0.6) is 0 Å². The summed E-state index contributed by atoms with van der Waals surface area (Å²) < 4.78 is 5.30. The second-order valence-electron chi connectivity index (χ2n) is 3.90. The van der Waals surface area contributed by atoms with Crippen molar-refractivity contribution in [2.24, 2.45) is 5.92 Å². The molecule has 3 heteroatoms. The summed E-state index contributed by atoms with van der Waals surface area (Å²) in [5, 5.41) is 0. The summed E-state index contributed by atoms with van der Waals surface area (Å²) in [6.45, 7) is 4.78. The molecule has 0 unspecified atom stereocenters. The van der Waals surface area contributed by atoms with Crippen LogP contribution in [-0.4, -0.2) is 37.1 Å². The third kappa shape index (κ3) is 3.93. The standard InChI is InChI=1S/C12H19NO2/c1-3-9-15-10-11-5-7-13(8-6-11)12(14)4-2/h1,11H,4-10H2,2H3. The zero-order valence-corrected chi connectivity index (χ0v) is 9.37. The molecule has 1 aliphatic rings. The van der Waals surface area contributed by atoms with E-state index >= 15 is 0 Å². The first kappa shape index (κ1) is 12.1. The smallest absolute Gasteiger partial charge is 0.222 e. The number of amides is 1. The highest BCUT2D eigenvalue weighted by molar-refractivity contribution is 5.75. The number of rotatable bonds is 4. The van der Waals surface area contributed by atoms with Crippen molar-refractivity contribution in [2.45, 2.75) is 26.2 Å². The number of ether oxygens (including phenoxy) is 1. The minimum Gasteiger partial charge on any atom is -0.369 e. The Labute approximate surface area is 91.8 Å². The first-order valence-electron chi connectivity index (χ1n) is 5.57. The van der Waals surface area contributed by atoms with Crippen molar-refractivity contribution < 1.29 is 9.53 Å². The Balaban J connectivity index is 2.18. The van der Waals surface area contributed by atoms with Gasteiger partial charge in [0.25, 0.3) is 0 Å². The summed E-state index contributed by atoms with van der Waals surface area (Å²) in [6.07, 6.45) is 7.78. The predicted molar refractivity (Wildman–Crippen MR) is 59.2 cm³/mol. The van der Waals surface area contributed by atoms with Gasteiger partial charge in [-0.2, -0.15) is 0 Å². The zero-order chi connectivity index (χ0) is 11.1. The van der Waals surface area contributed by atoms with E-state index < -0.39 is 0 Å². The number of nitrogens with zero attached hydrogens (tertiary/aromatic N) is 1. The number of likely N-dealkylation sites (tertiary alicyclic amines) is 1. The molecule has 0 atom stereocenters. The molecule has 0 aromatic rings. The summed E-state index contributed by atoms with van der Waals surface area (Å²) >= 11 is 0. The van der Waals surface area contributed by atoms with Gasteiger partial charge < -0.3 is 9.64 Å². The highest BCUT2D eigenvalue weighted by Crippen LogP contribution is 2.17. The molecule has 3 nitrogen and oxygen atoms in total. The Morgan fingerprint density at radius 2 is 2.20 bits per heavy atom. The van der Waals surface area contributed by atoms with E-state index in [1.165, 1.54) is 0 Å². The monoisotopic (exact) mass is 209 g/mol. The van der Waals surface area contributed by atoms with Crippen LogP contribution in [-0.2, 0) is 9.53 Å². The first-order chi connectivity index (χ1) is 7.27. The minimum atomic E-state index is 0.262. The van der Waals surface area contributed by atoms with Crippen LogP contribution in [0, 0.1) is 18.3 Å². The van der Waals surface area contributed by atoms with E-state index in [1.54, 1.807) is 0 Å². The average Bonchev–Trinajstić information content (AvgIpc) is 2.29. The topological polar surface area (TPSA) is 29.5 Å². The van der Waals surface area contributed by atoms with Gasteiger partial charge in [0.1, 0.15) is 6.61 Å². The summed E-state index contributed by atoms with van der Waals surface area (Å²) in [7, 11) is 0. The molecular weight excluding hydrogens is 190 g/mol. The van der Waals surface area contributed by atoms with Crippen LogP contribution in [0.2, 0.25) is 0 Å². The molecule has 1 rings (SSSR count). The van der Waals surface area contributed by atoms with Crippen LogP contribution in [0.4, 0.5) is 0 Å². The van der Waals surface area contributed by atoms with E-state index in [-0.39, 0.29) is 5.91 Å². The van der Waals surface area contributed by atoms with Crippen LogP contribution < -0.4 is 0 Å². The molecule has 0 saturated carbocycles. The summed E-state index contributed by atoms with van der Waals surface area (Å²) in [4.78, 5) is 13.3. The van der Waals surface area contributed by atoms with Crippen molar-refractivity contribution in [3.63, 3.8) is 0 Å². The second-order valence-corrected chi connectivity index (χ2v) is 3.90. The van der Waals surface area contributed by atoms with Crippen molar-refractivity contribution >= 4 is 5.91 Å². The van der Waals surface area contributed by atoms with Gasteiger partial charge in [-0.15, -0.1) is 6.42 Å². The average molecular weight is 209 g/mol. The van der Waals surface area contributed by atoms with E-state index in [4.69, 9.17) is 11.2 Å². The highest BCUT2D eigenvalue weighted by atomic mass is 16.5. The highest BCUT2D eigenvalue weighted by Gasteiger charge is 2.21. The van der Waals surface area contributed by atoms with Gasteiger partial charge in [-0.3, -0.25) is 4.79 Å². The molecule has 84 valence electrons. The van der Waals surface area contributed by atoms with Crippen molar-refractivity contribution in [2.75, 3.05) is 26.3 Å². The van der Waals surface area contributed by atoms with Crippen molar-refractivity contribution in [3.8, 4) is 12.3 Å². The second kappa shape index (κ2) is 6.47. The van der Waals surface area contributed by atoms with E-state index in [9.17, 15) is 4.79 Å². The van der Waals surface area contributed by atoms with Crippen LogP contribution in [0.15, 0.2) is 0 Å². The molecule has 0 aliphatic carbocycles. The molecule has 1 fully saturated rings. The van der Waals surface area contributed by atoms with Gasteiger partial charge in [0.2, 0.25) is 5.91 Å². The summed E-state index contributed by atoms with van der Waals surface area (Å²) in [6, 6.07) is 0. The van der Waals surface area contributed by atoms with Gasteiger partial charge >= 0.3 is 0 Å². The van der Waals surface area contributed by atoms with E-state index in [0.29, 0.717) is 18.9 Å². The quantitative estimate of drug-likeness (QED) is 0.515. The molecule has 0 radical (unpaired) electrons. The van der Waals surface area contributed by atoms with Crippen molar-refractivity contribution in [3.05, 3.63) is 0 Å². The Bertz CT molecular complexity index is 236. The number of carbonyl (C=O) groups is 1. The largest absolute Gasteiger partial charge is 0.369 e. The number of hydrogen-bond donors (Lipinski definition) is 0. The number of carbonyl (C=O) groups excluding carboxylic acids is 1. The van der Waals surface area contributed by atoms with Gasteiger partial charge in [-0.05, 0) is 18.8 Å². The molecule has 0 spiro atoms. The van der Waals surface area contributed by atoms with E-state index in [1.807, 2.05) is 11.8 Å². The third-order valence-electron chi connectivity index (χ3n) is 2.81. The fourth-order valence-electron chi connectivity index (χ4n) is 1.86. The number of hydrogen-bond acceptors (Lipinski definition) is 2. The SMILES string of the molecule is C#CCOCC1CCN(C(=O)CC)CC1. The predicted octanol–water partition coefficient (Wildman–Crippen LogP) is 1.28. The normalized spacial score (nSPS) is 17.5. The minimum absolute atomic E-state index is 0.262. The lowest BCUT2D eigenvalue weighted by molar-refractivity contribution is -0.132. The zero-order valence-electron chi connectivity index (χ0n) is 9.37. The molecular formula is C12H19NO2. The van der Waals surface area contributed by atoms with Gasteiger partial charge in [-0.1, -0.05) is 12.8 Å². The Kier molecular flexibility index (Phi) is 5.20. The lowest BCUT2D eigenvalue weighted by atomic mass is 9.97. The van der Waals surface area contributed by atoms with E-state index in [0.717, 1.165) is 32.5 Å². The van der Waals surface area contributed by atoms with Gasteiger partial charge in [-0.25, -0.2) is 0 Å². The maximum atomic E-state index is 11.4. The van der Waals surface area contributed by atoms with Crippen LogP contribution in [0.1, 0.15) is 26.2 Å². The van der Waals surface area contributed by atoms with Gasteiger partial charge in [0.15, 0.2) is 0 Å². The summed E-state index contributed by atoms with van der Waals surface area (Å²) in [5.74, 6) is 3.29. The Morgan fingerprint density at radius 3 is 2.73 bits per heavy atom. The summed E-state index contributed by atoms with van der Waals surface area (Å²) in [5.41, 5.74) is 0. The maximum Gasteiger partial charge on any atom is 0.222 e. The molecule has 1 amide bonds. The molecule has 0 bridgehead atoms. The maximum absolute atomic E-state index is 11.4.